The quantitative estimate of drug-likeness (QED) is 0.627. The van der Waals surface area contributed by atoms with Crippen molar-refractivity contribution in [1.29, 1.82) is 5.26 Å². The van der Waals surface area contributed by atoms with Gasteiger partial charge in [0.15, 0.2) is 5.78 Å². The number of aromatic nitrogens is 1. The fraction of sp³-hybridized carbons (Fsp3) is 0.0714. The third-order valence-electron chi connectivity index (χ3n) is 2.54. The average Bonchev–Trinajstić information content (AvgIpc) is 2.40. The second-order valence-electron chi connectivity index (χ2n) is 3.74. The molecule has 0 N–H and O–H groups in total. The molecule has 1 aromatic heterocycles. The first-order valence-electron chi connectivity index (χ1n) is 5.33. The summed E-state index contributed by atoms with van der Waals surface area (Å²) in [5.74, 6) is -0.0816. The number of carbonyl (C=O) groups excluding carboxylic acids is 1. The lowest BCUT2D eigenvalue weighted by Crippen LogP contribution is -2.05. The van der Waals surface area contributed by atoms with Crippen molar-refractivity contribution in [2.75, 3.05) is 0 Å². The Balaban J connectivity index is 2.22. The highest BCUT2D eigenvalue weighted by Crippen LogP contribution is 2.12. The molecular weight excluding hydrogens is 248 g/mol. The minimum atomic E-state index is -0.0816. The van der Waals surface area contributed by atoms with E-state index < -0.39 is 0 Å². The summed E-state index contributed by atoms with van der Waals surface area (Å²) in [5.41, 5.74) is 1.74. The molecule has 0 unspecified atom stereocenters. The largest absolute Gasteiger partial charge is 0.294 e. The summed E-state index contributed by atoms with van der Waals surface area (Å²) in [6.45, 7) is 0. The van der Waals surface area contributed by atoms with Crippen LogP contribution in [0.5, 0.6) is 0 Å². The van der Waals surface area contributed by atoms with Gasteiger partial charge in [-0.05, 0) is 23.8 Å². The van der Waals surface area contributed by atoms with Crippen LogP contribution in [0.25, 0.3) is 0 Å². The molecule has 1 aromatic carbocycles. The lowest BCUT2D eigenvalue weighted by molar-refractivity contribution is 0.0992. The molecule has 0 fully saturated rings. The number of Topliss-reactive ketones (excluding diaryl/α,β-unsaturated/α-hetero) is 1. The first kappa shape index (κ1) is 12.3. The van der Waals surface area contributed by atoms with Crippen LogP contribution in [0.1, 0.15) is 21.5 Å². The van der Waals surface area contributed by atoms with Gasteiger partial charge in [0.05, 0.1) is 11.6 Å². The standard InChI is InChI=1S/C14H9ClN2O/c15-14-6-5-12(9-17-14)13(18)7-10-3-1-2-4-11(10)8-16/h1-6,9H,7H2. The van der Waals surface area contributed by atoms with E-state index in [1.807, 2.05) is 6.07 Å². The fourth-order valence-corrected chi connectivity index (χ4v) is 1.71. The Hall–Kier alpha value is -2.18. The smallest absolute Gasteiger partial charge is 0.168 e. The number of pyridine rings is 1. The Labute approximate surface area is 110 Å². The predicted molar refractivity (Wildman–Crippen MR) is 68.4 cm³/mol. The maximum Gasteiger partial charge on any atom is 0.168 e. The molecule has 88 valence electrons. The summed E-state index contributed by atoms with van der Waals surface area (Å²) in [5, 5.41) is 9.30. The molecular formula is C14H9ClN2O. The Kier molecular flexibility index (Phi) is 3.71. The Bertz CT molecular complexity index is 614. The van der Waals surface area contributed by atoms with E-state index in [0.717, 1.165) is 5.56 Å². The average molecular weight is 257 g/mol. The molecule has 3 nitrogen and oxygen atoms in total. The van der Waals surface area contributed by atoms with E-state index in [1.54, 1.807) is 30.3 Å². The van der Waals surface area contributed by atoms with E-state index in [0.29, 0.717) is 16.3 Å². The zero-order valence-electron chi connectivity index (χ0n) is 9.43. The van der Waals surface area contributed by atoms with Gasteiger partial charge in [-0.25, -0.2) is 4.98 Å². The molecule has 0 saturated carbocycles. The second-order valence-corrected chi connectivity index (χ2v) is 4.13. The minimum absolute atomic E-state index is 0.0816. The molecule has 0 amide bonds. The molecule has 2 rings (SSSR count). The molecule has 0 saturated heterocycles. The van der Waals surface area contributed by atoms with Crippen LogP contribution in [0.4, 0.5) is 0 Å². The van der Waals surface area contributed by atoms with E-state index in [9.17, 15) is 4.79 Å². The van der Waals surface area contributed by atoms with Crippen LogP contribution in [0, 0.1) is 11.3 Å². The highest BCUT2D eigenvalue weighted by Gasteiger charge is 2.10. The number of hydrogen-bond donors (Lipinski definition) is 0. The summed E-state index contributed by atoms with van der Waals surface area (Å²) in [6, 6.07) is 12.3. The van der Waals surface area contributed by atoms with E-state index >= 15 is 0 Å². The summed E-state index contributed by atoms with van der Waals surface area (Å²) >= 11 is 5.66. The second kappa shape index (κ2) is 5.44. The topological polar surface area (TPSA) is 53.8 Å². The van der Waals surface area contributed by atoms with Gasteiger partial charge in [0.2, 0.25) is 0 Å². The van der Waals surface area contributed by atoms with Gasteiger partial charge in [-0.1, -0.05) is 29.8 Å². The molecule has 0 spiro atoms. The van der Waals surface area contributed by atoms with Crippen molar-refractivity contribution in [3.05, 3.63) is 64.4 Å². The lowest BCUT2D eigenvalue weighted by atomic mass is 10.0. The van der Waals surface area contributed by atoms with E-state index in [-0.39, 0.29) is 12.2 Å². The normalized spacial score (nSPS) is 9.78. The molecule has 0 bridgehead atoms. The van der Waals surface area contributed by atoms with Crippen molar-refractivity contribution in [2.24, 2.45) is 0 Å². The van der Waals surface area contributed by atoms with E-state index in [2.05, 4.69) is 11.1 Å². The summed E-state index contributed by atoms with van der Waals surface area (Å²) < 4.78 is 0. The summed E-state index contributed by atoms with van der Waals surface area (Å²) in [4.78, 5) is 15.9. The summed E-state index contributed by atoms with van der Waals surface area (Å²) in [7, 11) is 0. The monoisotopic (exact) mass is 256 g/mol. The van der Waals surface area contributed by atoms with Gasteiger partial charge in [-0.2, -0.15) is 5.26 Å². The fourth-order valence-electron chi connectivity index (χ4n) is 1.60. The number of halogens is 1. The van der Waals surface area contributed by atoms with Crippen LogP contribution in [0.15, 0.2) is 42.6 Å². The zero-order valence-corrected chi connectivity index (χ0v) is 10.2. The predicted octanol–water partition coefficient (Wildman–Crippen LogP) is 3.03. The number of nitriles is 1. The number of hydrogen-bond acceptors (Lipinski definition) is 3. The molecule has 18 heavy (non-hydrogen) atoms. The van der Waals surface area contributed by atoms with Crippen LogP contribution in [0.3, 0.4) is 0 Å². The number of ketones is 1. The third-order valence-corrected chi connectivity index (χ3v) is 2.76. The van der Waals surface area contributed by atoms with Gasteiger partial charge in [0.1, 0.15) is 5.15 Å². The summed E-state index contributed by atoms with van der Waals surface area (Å²) in [6.07, 6.45) is 1.63. The highest BCUT2D eigenvalue weighted by atomic mass is 35.5. The van der Waals surface area contributed by atoms with Crippen molar-refractivity contribution < 1.29 is 4.79 Å². The first-order chi connectivity index (χ1) is 8.70. The molecule has 1 heterocycles. The van der Waals surface area contributed by atoms with Crippen molar-refractivity contribution in [3.8, 4) is 6.07 Å². The van der Waals surface area contributed by atoms with Crippen molar-refractivity contribution in [1.82, 2.24) is 4.98 Å². The van der Waals surface area contributed by atoms with Crippen molar-refractivity contribution >= 4 is 17.4 Å². The molecule has 0 aliphatic carbocycles. The van der Waals surface area contributed by atoms with Gasteiger partial charge in [-0.15, -0.1) is 0 Å². The molecule has 0 radical (unpaired) electrons. The number of benzene rings is 1. The van der Waals surface area contributed by atoms with Gasteiger partial charge < -0.3 is 0 Å². The molecule has 0 aliphatic rings. The van der Waals surface area contributed by atoms with Gasteiger partial charge >= 0.3 is 0 Å². The maximum absolute atomic E-state index is 12.0. The van der Waals surface area contributed by atoms with Gasteiger partial charge in [-0.3, -0.25) is 4.79 Å². The first-order valence-corrected chi connectivity index (χ1v) is 5.71. The van der Waals surface area contributed by atoms with Crippen LogP contribution in [0.2, 0.25) is 5.15 Å². The minimum Gasteiger partial charge on any atom is -0.294 e. The Morgan fingerprint density at radius 2 is 2.06 bits per heavy atom. The Morgan fingerprint density at radius 3 is 2.72 bits per heavy atom. The molecule has 4 heteroatoms. The molecule has 2 aromatic rings. The van der Waals surface area contributed by atoms with Crippen molar-refractivity contribution in [2.45, 2.75) is 6.42 Å². The Morgan fingerprint density at radius 1 is 1.28 bits per heavy atom. The number of rotatable bonds is 3. The zero-order chi connectivity index (χ0) is 13.0. The SMILES string of the molecule is N#Cc1ccccc1CC(=O)c1ccc(Cl)nc1. The highest BCUT2D eigenvalue weighted by molar-refractivity contribution is 6.29. The van der Waals surface area contributed by atoms with Gasteiger partial charge in [0.25, 0.3) is 0 Å². The van der Waals surface area contributed by atoms with Crippen molar-refractivity contribution in [3.63, 3.8) is 0 Å². The lowest BCUT2D eigenvalue weighted by Gasteiger charge is -2.03. The third kappa shape index (κ3) is 2.73. The van der Waals surface area contributed by atoms with Crippen LogP contribution in [-0.2, 0) is 6.42 Å². The van der Waals surface area contributed by atoms with Crippen LogP contribution in [-0.4, -0.2) is 10.8 Å². The number of carbonyl (C=O) groups is 1. The van der Waals surface area contributed by atoms with Crippen LogP contribution >= 0.6 is 11.6 Å². The maximum atomic E-state index is 12.0. The number of nitrogens with zero attached hydrogens (tertiary/aromatic N) is 2. The van der Waals surface area contributed by atoms with E-state index in [4.69, 9.17) is 16.9 Å². The van der Waals surface area contributed by atoms with Gasteiger partial charge in [0, 0.05) is 18.2 Å². The molecule has 0 aliphatic heterocycles. The van der Waals surface area contributed by atoms with E-state index in [1.165, 1.54) is 6.20 Å². The molecule has 0 atom stereocenters. The van der Waals surface area contributed by atoms with Crippen LogP contribution < -0.4 is 0 Å².